The summed E-state index contributed by atoms with van der Waals surface area (Å²) in [5.41, 5.74) is 1.17. The Morgan fingerprint density at radius 3 is 2.67 bits per heavy atom. The Hall–Kier alpha value is -2.12. The normalized spacial score (nSPS) is 41.7. The number of nitro groups is 1. The van der Waals surface area contributed by atoms with E-state index < -0.39 is 28.9 Å². The van der Waals surface area contributed by atoms with Gasteiger partial charge in [0.05, 0.1) is 12.0 Å². The quantitative estimate of drug-likeness (QED) is 0.250. The number of hydrogen-bond acceptors (Lipinski definition) is 7. The molecule has 0 N–H and O–H groups in total. The Bertz CT molecular complexity index is 856. The van der Waals surface area contributed by atoms with Crippen LogP contribution in [-0.4, -0.2) is 34.9 Å². The van der Waals surface area contributed by atoms with Crippen LogP contribution in [-0.2, 0) is 14.3 Å². The van der Waals surface area contributed by atoms with E-state index in [1.807, 2.05) is 13.0 Å². The van der Waals surface area contributed by atoms with Crippen LogP contribution in [0.15, 0.2) is 16.8 Å². The zero-order valence-electron chi connectivity index (χ0n) is 19.9. The highest BCUT2D eigenvalue weighted by molar-refractivity contribution is 5.91. The first-order chi connectivity index (χ1) is 15.6. The number of hydrogen-bond donors (Lipinski definition) is 0. The highest BCUT2D eigenvalue weighted by Gasteiger charge is 2.52. The maximum atomic E-state index is 13.0. The fourth-order valence-electron chi connectivity index (χ4n) is 7.38. The monoisotopic (exact) mass is 460 g/mol. The molecule has 0 aromatic carbocycles. The Morgan fingerprint density at radius 2 is 1.97 bits per heavy atom. The van der Waals surface area contributed by atoms with Crippen molar-refractivity contribution in [2.75, 3.05) is 0 Å². The molecule has 33 heavy (non-hydrogen) atoms. The topological polar surface area (TPSA) is 116 Å². The molecule has 0 spiro atoms. The van der Waals surface area contributed by atoms with E-state index in [1.165, 1.54) is 5.57 Å². The predicted octanol–water partition coefficient (Wildman–Crippen LogP) is 4.87. The summed E-state index contributed by atoms with van der Waals surface area (Å²) in [6.45, 7) is 6.43. The van der Waals surface area contributed by atoms with Crippen molar-refractivity contribution in [3.8, 4) is 0 Å². The zero-order valence-corrected chi connectivity index (χ0v) is 19.9. The lowest BCUT2D eigenvalue weighted by Crippen LogP contribution is -2.51. The highest BCUT2D eigenvalue weighted by atomic mass is 16.6. The maximum absolute atomic E-state index is 13.0. The van der Waals surface area contributed by atoms with Crippen LogP contribution in [0, 0.1) is 50.0 Å². The van der Waals surface area contributed by atoms with Gasteiger partial charge in [0.25, 0.3) is 0 Å². The second-order valence-electron chi connectivity index (χ2n) is 11.2. The lowest BCUT2D eigenvalue weighted by Gasteiger charge is -2.55. The Morgan fingerprint density at radius 1 is 1.21 bits per heavy atom. The summed E-state index contributed by atoms with van der Waals surface area (Å²) >= 11 is 0. The van der Waals surface area contributed by atoms with Crippen LogP contribution in [0.1, 0.15) is 78.6 Å². The minimum atomic E-state index is -0.925. The summed E-state index contributed by atoms with van der Waals surface area (Å²) in [6, 6.07) is -1.63. The number of carbonyl (C=O) groups is 2. The lowest BCUT2D eigenvalue weighted by atomic mass is 9.51. The van der Waals surface area contributed by atoms with Gasteiger partial charge in [-0.3, -0.25) is 19.7 Å². The number of fused-ring (bicyclic) bond motifs is 3. The van der Waals surface area contributed by atoms with E-state index in [-0.39, 0.29) is 36.6 Å². The maximum Gasteiger partial charge on any atom is 0.309 e. The molecule has 0 radical (unpaired) electrons. The lowest BCUT2D eigenvalue weighted by molar-refractivity contribution is -0.528. The first-order valence-electron chi connectivity index (χ1n) is 12.5. The van der Waals surface area contributed by atoms with Crippen LogP contribution < -0.4 is 0 Å². The van der Waals surface area contributed by atoms with Gasteiger partial charge in [-0.25, -0.2) is 0 Å². The molecular weight excluding hydrogens is 424 g/mol. The molecule has 3 fully saturated rings. The number of esters is 1. The molecule has 8 nitrogen and oxygen atoms in total. The number of rotatable bonds is 5. The van der Waals surface area contributed by atoms with Crippen molar-refractivity contribution in [2.24, 2.45) is 40.2 Å². The molecule has 3 saturated carbocycles. The molecule has 9 atom stereocenters. The number of ketones is 1. The predicted molar refractivity (Wildman–Crippen MR) is 122 cm³/mol. The van der Waals surface area contributed by atoms with E-state index in [9.17, 15) is 24.6 Å². The fourth-order valence-corrected chi connectivity index (χ4v) is 7.38. The molecule has 0 heterocycles. The molecule has 0 aromatic rings. The van der Waals surface area contributed by atoms with Gasteiger partial charge in [0.2, 0.25) is 6.04 Å². The third-order valence-corrected chi connectivity index (χ3v) is 9.72. The van der Waals surface area contributed by atoms with Gasteiger partial charge in [-0.05, 0) is 75.2 Å². The van der Waals surface area contributed by atoms with E-state index in [1.54, 1.807) is 0 Å². The Labute approximate surface area is 195 Å². The van der Waals surface area contributed by atoms with Gasteiger partial charge in [-0.2, -0.15) is 4.91 Å². The summed E-state index contributed by atoms with van der Waals surface area (Å²) in [4.78, 5) is 46.8. The van der Waals surface area contributed by atoms with Crippen LogP contribution in [0.3, 0.4) is 0 Å². The summed E-state index contributed by atoms with van der Waals surface area (Å²) in [5, 5.41) is 14.3. The SMILES string of the molecule is CC(OC(=O)C1CC(N=O)CC([N+](=O)[O-])C1)C1(C)CCC2C3CCC(=O)C=C3CCC2C1C. The third kappa shape index (κ3) is 4.50. The molecule has 0 aromatic heterocycles. The molecule has 8 heteroatoms. The van der Waals surface area contributed by atoms with Crippen LogP contribution in [0.2, 0.25) is 0 Å². The van der Waals surface area contributed by atoms with Crippen molar-refractivity contribution in [1.82, 2.24) is 0 Å². The van der Waals surface area contributed by atoms with Gasteiger partial charge in [-0.1, -0.05) is 24.6 Å². The van der Waals surface area contributed by atoms with Crippen molar-refractivity contribution in [2.45, 2.75) is 96.7 Å². The number of nitrogens with zero attached hydrogens (tertiary/aromatic N) is 2. The zero-order chi connectivity index (χ0) is 23.9. The first-order valence-corrected chi connectivity index (χ1v) is 12.5. The fraction of sp³-hybridized carbons (Fsp3) is 0.840. The minimum Gasteiger partial charge on any atom is -0.462 e. The van der Waals surface area contributed by atoms with Crippen molar-refractivity contribution in [3.05, 3.63) is 26.7 Å². The van der Waals surface area contributed by atoms with Gasteiger partial charge in [0.1, 0.15) is 6.10 Å². The van der Waals surface area contributed by atoms with Crippen molar-refractivity contribution in [3.63, 3.8) is 0 Å². The van der Waals surface area contributed by atoms with Crippen molar-refractivity contribution >= 4 is 11.8 Å². The van der Waals surface area contributed by atoms with Crippen molar-refractivity contribution < 1.29 is 19.2 Å². The number of ether oxygens (including phenoxy) is 1. The molecular formula is C25H36N2O6. The standard InChI is InChI=1S/C25H36N2O6/c1-14-21-6-4-16-12-20(28)5-7-22(16)23(21)8-9-25(14,3)15(2)33-24(29)17-10-18(26-30)13-19(11-17)27(31)32/h12,14-15,17-19,21-23H,4-11,13H2,1-3H3. The summed E-state index contributed by atoms with van der Waals surface area (Å²) in [6.07, 6.45) is 7.69. The average Bonchev–Trinajstić information content (AvgIpc) is 2.80. The number of carbonyl (C=O) groups excluding carboxylic acids is 2. The summed E-state index contributed by atoms with van der Waals surface area (Å²) in [5.74, 6) is 1.18. The van der Waals surface area contributed by atoms with E-state index in [2.05, 4.69) is 19.0 Å². The largest absolute Gasteiger partial charge is 0.462 e. The minimum absolute atomic E-state index is 0.0941. The number of nitroso groups, excluding NO2 is 1. The molecule has 4 rings (SSSR count). The van der Waals surface area contributed by atoms with Crippen LogP contribution >= 0.6 is 0 Å². The highest BCUT2D eigenvalue weighted by Crippen LogP contribution is 2.57. The molecule has 182 valence electrons. The summed E-state index contributed by atoms with van der Waals surface area (Å²) in [7, 11) is 0. The first kappa shape index (κ1) is 24.0. The van der Waals surface area contributed by atoms with E-state index in [0.29, 0.717) is 30.1 Å². The second-order valence-corrected chi connectivity index (χ2v) is 11.2. The van der Waals surface area contributed by atoms with Gasteiger partial charge < -0.3 is 4.74 Å². The van der Waals surface area contributed by atoms with Gasteiger partial charge in [-0.15, -0.1) is 0 Å². The van der Waals surface area contributed by atoms with E-state index in [4.69, 9.17) is 4.74 Å². The van der Waals surface area contributed by atoms with Gasteiger partial charge in [0.15, 0.2) is 5.78 Å². The van der Waals surface area contributed by atoms with Crippen LogP contribution in [0.5, 0.6) is 0 Å². The van der Waals surface area contributed by atoms with E-state index in [0.717, 1.165) is 32.1 Å². The molecule has 0 amide bonds. The molecule has 0 aliphatic heterocycles. The third-order valence-electron chi connectivity index (χ3n) is 9.72. The Kier molecular flexibility index (Phi) is 6.74. The van der Waals surface area contributed by atoms with Crippen molar-refractivity contribution in [1.29, 1.82) is 0 Å². The average molecular weight is 461 g/mol. The van der Waals surface area contributed by atoms with Crippen LogP contribution in [0.25, 0.3) is 0 Å². The van der Waals surface area contributed by atoms with Crippen LogP contribution in [0.4, 0.5) is 0 Å². The summed E-state index contributed by atoms with van der Waals surface area (Å²) < 4.78 is 5.96. The molecule has 4 aliphatic rings. The van der Waals surface area contributed by atoms with E-state index >= 15 is 0 Å². The number of allylic oxidation sites excluding steroid dienone is 2. The smallest absolute Gasteiger partial charge is 0.309 e. The Balaban J connectivity index is 1.43. The molecule has 0 saturated heterocycles. The van der Waals surface area contributed by atoms with Gasteiger partial charge >= 0.3 is 5.97 Å². The molecule has 4 aliphatic carbocycles. The molecule has 9 unspecified atom stereocenters. The molecule has 0 bridgehead atoms. The van der Waals surface area contributed by atoms with Gasteiger partial charge in [0, 0.05) is 29.6 Å². The second kappa shape index (κ2) is 9.26.